The van der Waals surface area contributed by atoms with E-state index in [-0.39, 0.29) is 5.91 Å². The molecule has 5 nitrogen and oxygen atoms in total. The van der Waals surface area contributed by atoms with Crippen molar-refractivity contribution in [3.05, 3.63) is 94.5 Å². The smallest absolute Gasteiger partial charge is 0.272 e. The molecule has 0 radical (unpaired) electrons. The molecular weight excluding hydrogens is 440 g/mol. The molecule has 0 spiro atoms. The van der Waals surface area contributed by atoms with Crippen LogP contribution in [0.3, 0.4) is 0 Å². The second-order valence-corrected chi connectivity index (χ2v) is 8.30. The Hall–Kier alpha value is -3.22. The summed E-state index contributed by atoms with van der Waals surface area (Å²) in [6.07, 6.45) is 0.0309. The Kier molecular flexibility index (Phi) is 6.53. The Morgan fingerprint density at radius 3 is 2.62 bits per heavy atom. The number of aliphatic imine (C=N–C) groups is 1. The van der Waals surface area contributed by atoms with E-state index in [0.29, 0.717) is 15.8 Å². The molecule has 3 aromatic carbocycles. The number of anilines is 2. The molecule has 0 bridgehead atoms. The lowest BCUT2D eigenvalue weighted by Crippen LogP contribution is -2.47. The fraction of sp³-hybridized carbons (Fsp3) is 0.160. The minimum atomic E-state index is -0.893. The zero-order valence-corrected chi connectivity index (χ0v) is 19.4. The van der Waals surface area contributed by atoms with E-state index in [2.05, 4.69) is 23.6 Å². The molecule has 7 heteroatoms. The second-order valence-electron chi connectivity index (χ2n) is 7.46. The Bertz CT molecular complexity index is 1200. The number of amides is 1. The fourth-order valence-corrected chi connectivity index (χ4v) is 4.03. The molecule has 0 saturated carbocycles. The number of carbonyl (C=O) groups is 1. The highest BCUT2D eigenvalue weighted by Crippen LogP contribution is 2.29. The van der Waals surface area contributed by atoms with Crippen LogP contribution in [0.25, 0.3) is 0 Å². The number of nitrogens with one attached hydrogen (secondary N) is 2. The van der Waals surface area contributed by atoms with Gasteiger partial charge in [0.2, 0.25) is 6.17 Å². The van der Waals surface area contributed by atoms with E-state index in [1.165, 1.54) is 5.56 Å². The van der Waals surface area contributed by atoms with Crippen molar-refractivity contribution >= 4 is 51.9 Å². The summed E-state index contributed by atoms with van der Waals surface area (Å²) in [5, 5.41) is 7.15. The summed E-state index contributed by atoms with van der Waals surface area (Å²) in [6.45, 7) is 2.10. The third kappa shape index (κ3) is 4.66. The summed E-state index contributed by atoms with van der Waals surface area (Å²) >= 11 is 11.8. The molecule has 162 valence electrons. The number of benzodiazepines with no additional fused rings is 1. The molecule has 32 heavy (non-hydrogen) atoms. The van der Waals surface area contributed by atoms with Crippen molar-refractivity contribution in [2.45, 2.75) is 19.5 Å². The molecule has 1 unspecified atom stereocenters. The predicted molar refractivity (Wildman–Crippen MR) is 136 cm³/mol. The maximum Gasteiger partial charge on any atom is 0.272 e. The van der Waals surface area contributed by atoms with Gasteiger partial charge in [-0.2, -0.15) is 0 Å². The van der Waals surface area contributed by atoms with Crippen molar-refractivity contribution in [1.29, 1.82) is 0 Å². The summed E-state index contributed by atoms with van der Waals surface area (Å²) < 4.78 is 0. The Morgan fingerprint density at radius 2 is 1.88 bits per heavy atom. The summed E-state index contributed by atoms with van der Waals surface area (Å²) in [5.41, 5.74) is 5.15. The van der Waals surface area contributed by atoms with E-state index in [9.17, 15) is 4.79 Å². The van der Waals surface area contributed by atoms with Gasteiger partial charge in [-0.1, -0.05) is 61.0 Å². The summed E-state index contributed by atoms with van der Waals surface area (Å²) in [7, 11) is 1.73. The number of aryl methyl sites for hydroxylation is 1. The first kappa shape index (κ1) is 22.0. The largest absolute Gasteiger partial charge is 0.333 e. The average Bonchev–Trinajstić information content (AvgIpc) is 2.90. The highest BCUT2D eigenvalue weighted by molar-refractivity contribution is 7.80. The molecule has 1 amide bonds. The molecule has 2 N–H and O–H groups in total. The van der Waals surface area contributed by atoms with E-state index >= 15 is 0 Å². The molecule has 1 atom stereocenters. The van der Waals surface area contributed by atoms with Gasteiger partial charge in [0, 0.05) is 28.9 Å². The number of rotatable bonds is 4. The highest BCUT2D eigenvalue weighted by atomic mass is 35.5. The molecule has 4 rings (SSSR count). The Labute approximate surface area is 198 Å². The van der Waals surface area contributed by atoms with Gasteiger partial charge in [-0.25, -0.2) is 4.99 Å². The summed E-state index contributed by atoms with van der Waals surface area (Å²) in [5.74, 6) is -0.217. The van der Waals surface area contributed by atoms with Crippen molar-refractivity contribution in [2.75, 3.05) is 17.3 Å². The maximum absolute atomic E-state index is 13.3. The molecule has 1 aliphatic heterocycles. The Morgan fingerprint density at radius 1 is 1.09 bits per heavy atom. The third-order valence-electron chi connectivity index (χ3n) is 5.31. The first-order valence-corrected chi connectivity index (χ1v) is 11.1. The van der Waals surface area contributed by atoms with Crippen LogP contribution in [0.1, 0.15) is 23.6 Å². The molecule has 1 aliphatic rings. The van der Waals surface area contributed by atoms with E-state index < -0.39 is 6.17 Å². The van der Waals surface area contributed by atoms with Crippen molar-refractivity contribution in [2.24, 2.45) is 4.99 Å². The second kappa shape index (κ2) is 9.51. The number of nitrogens with zero attached hydrogens (tertiary/aromatic N) is 2. The minimum Gasteiger partial charge on any atom is -0.333 e. The van der Waals surface area contributed by atoms with E-state index in [1.807, 2.05) is 60.7 Å². The number of fused-ring (bicyclic) bond motifs is 1. The van der Waals surface area contributed by atoms with Gasteiger partial charge in [0.25, 0.3) is 5.91 Å². The van der Waals surface area contributed by atoms with Crippen LogP contribution in [0.15, 0.2) is 77.8 Å². The van der Waals surface area contributed by atoms with Crippen LogP contribution in [0.5, 0.6) is 0 Å². The van der Waals surface area contributed by atoms with Gasteiger partial charge in [-0.3, -0.25) is 4.79 Å². The molecule has 1 heterocycles. The first-order valence-electron chi connectivity index (χ1n) is 10.3. The van der Waals surface area contributed by atoms with Crippen molar-refractivity contribution < 1.29 is 4.79 Å². The number of carbonyl (C=O) groups excluding carboxylic acids is 1. The quantitative estimate of drug-likeness (QED) is 0.534. The molecular formula is C25H23ClN4OS. The van der Waals surface area contributed by atoms with E-state index in [4.69, 9.17) is 28.8 Å². The van der Waals surface area contributed by atoms with Crippen molar-refractivity contribution in [3.8, 4) is 0 Å². The molecule has 0 aromatic heterocycles. The lowest BCUT2D eigenvalue weighted by atomic mass is 10.0. The van der Waals surface area contributed by atoms with Gasteiger partial charge < -0.3 is 15.5 Å². The lowest BCUT2D eigenvalue weighted by Gasteiger charge is -2.22. The van der Waals surface area contributed by atoms with Crippen LogP contribution in [-0.2, 0) is 11.2 Å². The van der Waals surface area contributed by atoms with Gasteiger partial charge in [-0.15, -0.1) is 0 Å². The normalized spacial score (nSPS) is 15.5. The zero-order chi connectivity index (χ0) is 22.7. The monoisotopic (exact) mass is 462 g/mol. The number of halogens is 1. The molecule has 3 aromatic rings. The minimum absolute atomic E-state index is 0.217. The average molecular weight is 463 g/mol. The number of benzene rings is 3. The van der Waals surface area contributed by atoms with Crippen LogP contribution in [0.2, 0.25) is 5.02 Å². The fourth-order valence-electron chi connectivity index (χ4n) is 3.63. The topological polar surface area (TPSA) is 56.7 Å². The van der Waals surface area contributed by atoms with Gasteiger partial charge in [-0.05, 0) is 54.5 Å². The number of hydrogen-bond acceptors (Lipinski definition) is 3. The number of likely N-dealkylation sites (N-methyl/N-ethyl adjacent to an activating group) is 1. The van der Waals surface area contributed by atoms with Crippen LogP contribution in [0, 0.1) is 0 Å². The van der Waals surface area contributed by atoms with E-state index in [0.717, 1.165) is 28.9 Å². The number of thiocarbonyl (C=S) groups is 1. The lowest BCUT2D eigenvalue weighted by molar-refractivity contribution is -0.119. The summed E-state index contributed by atoms with van der Waals surface area (Å²) in [4.78, 5) is 19.7. The molecule has 0 aliphatic carbocycles. The molecule has 0 saturated heterocycles. The van der Waals surface area contributed by atoms with Crippen LogP contribution in [-0.4, -0.2) is 29.9 Å². The maximum atomic E-state index is 13.3. The van der Waals surface area contributed by atoms with Gasteiger partial charge in [0.15, 0.2) is 5.11 Å². The van der Waals surface area contributed by atoms with Gasteiger partial charge in [0.1, 0.15) is 0 Å². The Balaban J connectivity index is 1.69. The van der Waals surface area contributed by atoms with Gasteiger partial charge in [0.05, 0.1) is 11.4 Å². The molecule has 0 fully saturated rings. The predicted octanol–water partition coefficient (Wildman–Crippen LogP) is 5.03. The van der Waals surface area contributed by atoms with Crippen LogP contribution in [0.4, 0.5) is 11.4 Å². The van der Waals surface area contributed by atoms with Crippen molar-refractivity contribution in [1.82, 2.24) is 5.32 Å². The zero-order valence-electron chi connectivity index (χ0n) is 17.8. The standard InChI is InChI=1S/C25H23ClN4OS/c1-3-16-8-7-11-19(14-16)27-25(32)29-23-24(31)30(2)21-13-12-18(26)15-20(21)22(28-23)17-9-5-4-6-10-17/h4-15,23H,3H2,1-2H3,(H2,27,29,32). The van der Waals surface area contributed by atoms with Crippen LogP contribution >= 0.6 is 23.8 Å². The SMILES string of the molecule is CCc1cccc(NC(=S)NC2N=C(c3ccccc3)c3cc(Cl)ccc3N(C)C2=O)c1. The highest BCUT2D eigenvalue weighted by Gasteiger charge is 2.30. The van der Waals surface area contributed by atoms with Crippen molar-refractivity contribution in [3.63, 3.8) is 0 Å². The third-order valence-corrected chi connectivity index (χ3v) is 5.76. The first-order chi connectivity index (χ1) is 15.5. The summed E-state index contributed by atoms with van der Waals surface area (Å²) in [6, 6.07) is 23.2. The van der Waals surface area contributed by atoms with Gasteiger partial charge >= 0.3 is 0 Å². The van der Waals surface area contributed by atoms with Crippen LogP contribution < -0.4 is 15.5 Å². The van der Waals surface area contributed by atoms with E-state index in [1.54, 1.807) is 18.0 Å². The number of hydrogen-bond donors (Lipinski definition) is 2.